The molecular weight excluding hydrogens is 494 g/mol. The molecule has 1 aromatic carbocycles. The Balaban J connectivity index is 1.76. The van der Waals surface area contributed by atoms with E-state index in [1.165, 1.54) is 37.5 Å². The van der Waals surface area contributed by atoms with Crippen LogP contribution in [0.25, 0.3) is 0 Å². The van der Waals surface area contributed by atoms with E-state index in [0.29, 0.717) is 41.8 Å². The topological polar surface area (TPSA) is 113 Å². The molecule has 2 atom stereocenters. The number of aliphatic imine (C=N–C) groups is 1. The van der Waals surface area contributed by atoms with Crippen LogP contribution in [0, 0.1) is 18.6 Å². The summed E-state index contributed by atoms with van der Waals surface area (Å²) < 4.78 is 39.1. The zero-order valence-corrected chi connectivity index (χ0v) is 20.3. The van der Waals surface area contributed by atoms with Crippen LogP contribution in [0.2, 0.25) is 0 Å². The molecule has 9 nitrogen and oxygen atoms in total. The van der Waals surface area contributed by atoms with Gasteiger partial charge in [-0.3, -0.25) is 9.89 Å². The lowest BCUT2D eigenvalue weighted by atomic mass is 9.92. The van der Waals surface area contributed by atoms with Gasteiger partial charge in [0.1, 0.15) is 6.04 Å². The molecule has 2 N–H and O–H groups in total. The lowest BCUT2D eigenvalue weighted by Gasteiger charge is -2.34. The summed E-state index contributed by atoms with van der Waals surface area (Å²) in [5.74, 6) is -3.35. The number of aliphatic carboxylic acids is 1. The molecule has 0 unspecified atom stereocenters. The number of hydrogen-bond donors (Lipinski definition) is 2. The molecule has 0 radical (unpaired) electrons. The number of halogens is 2. The van der Waals surface area contributed by atoms with Gasteiger partial charge in [0.15, 0.2) is 22.5 Å². The Labute approximate surface area is 209 Å². The molecule has 1 aromatic heterocycles. The summed E-state index contributed by atoms with van der Waals surface area (Å²) in [5.41, 5.74) is 0.997. The normalized spacial score (nSPS) is 20.8. The van der Waals surface area contributed by atoms with E-state index in [0.717, 1.165) is 12.1 Å². The van der Waals surface area contributed by atoms with Gasteiger partial charge in [-0.1, -0.05) is 6.07 Å². The van der Waals surface area contributed by atoms with E-state index in [2.05, 4.69) is 15.3 Å². The van der Waals surface area contributed by atoms with Gasteiger partial charge in [-0.25, -0.2) is 23.4 Å². The van der Waals surface area contributed by atoms with E-state index in [-0.39, 0.29) is 17.7 Å². The minimum Gasteiger partial charge on any atom is -0.478 e. The Morgan fingerprint density at radius 2 is 2.19 bits per heavy atom. The van der Waals surface area contributed by atoms with Crippen molar-refractivity contribution in [3.05, 3.63) is 74.9 Å². The van der Waals surface area contributed by atoms with E-state index in [4.69, 9.17) is 14.6 Å². The number of aromatic nitrogens is 1. The summed E-state index contributed by atoms with van der Waals surface area (Å²) in [6.45, 7) is 2.94. The van der Waals surface area contributed by atoms with E-state index in [9.17, 15) is 18.4 Å². The average molecular weight is 519 g/mol. The highest BCUT2D eigenvalue weighted by Crippen LogP contribution is 2.36. The van der Waals surface area contributed by atoms with E-state index in [1.54, 1.807) is 11.6 Å². The Hall–Kier alpha value is -3.48. The van der Waals surface area contributed by atoms with Gasteiger partial charge in [-0.2, -0.15) is 0 Å². The monoisotopic (exact) mass is 518 g/mol. The summed E-state index contributed by atoms with van der Waals surface area (Å²) in [4.78, 5) is 34.9. The van der Waals surface area contributed by atoms with Crippen LogP contribution in [0.4, 0.5) is 8.78 Å². The second-order valence-electron chi connectivity index (χ2n) is 8.14. The van der Waals surface area contributed by atoms with Crippen LogP contribution in [0.3, 0.4) is 0 Å². The smallest absolute Gasteiger partial charge is 0.338 e. The first-order valence-corrected chi connectivity index (χ1v) is 11.9. The third kappa shape index (κ3) is 5.50. The number of morpholine rings is 1. The lowest BCUT2D eigenvalue weighted by Crippen LogP contribution is -2.46. The predicted octanol–water partition coefficient (Wildman–Crippen LogP) is 2.59. The fraction of sp³-hybridized carbons (Fsp3) is 0.333. The number of carboxylic acid groups (broad SMARTS) is 1. The molecule has 12 heteroatoms. The van der Waals surface area contributed by atoms with Crippen molar-refractivity contribution in [1.82, 2.24) is 15.2 Å². The maximum absolute atomic E-state index is 14.5. The molecule has 0 aliphatic carbocycles. The first-order valence-electron chi connectivity index (χ1n) is 11.0. The molecule has 2 aliphatic rings. The Kier molecular flexibility index (Phi) is 7.87. The molecule has 0 saturated carbocycles. The van der Waals surface area contributed by atoms with Gasteiger partial charge in [0.25, 0.3) is 0 Å². The molecule has 1 fully saturated rings. The van der Waals surface area contributed by atoms with Gasteiger partial charge in [0.2, 0.25) is 0 Å². The van der Waals surface area contributed by atoms with Crippen LogP contribution in [0.5, 0.6) is 0 Å². The molecular formula is C24H24F2N4O5S. The van der Waals surface area contributed by atoms with Crippen LogP contribution in [-0.4, -0.2) is 72.2 Å². The van der Waals surface area contributed by atoms with Crippen LogP contribution in [-0.2, 0) is 19.1 Å². The Morgan fingerprint density at radius 1 is 1.39 bits per heavy atom. The van der Waals surface area contributed by atoms with Crippen molar-refractivity contribution in [1.29, 1.82) is 0 Å². The number of benzene rings is 1. The predicted molar refractivity (Wildman–Crippen MR) is 128 cm³/mol. The molecule has 4 rings (SSSR count). The molecule has 36 heavy (non-hydrogen) atoms. The first kappa shape index (κ1) is 25.6. The molecule has 3 heterocycles. The maximum atomic E-state index is 14.5. The quantitative estimate of drug-likeness (QED) is 0.425. The van der Waals surface area contributed by atoms with Crippen LogP contribution >= 0.6 is 11.3 Å². The number of hydrogen-bond acceptors (Lipinski definition) is 9. The number of methoxy groups -OCH3 is 1. The zero-order valence-electron chi connectivity index (χ0n) is 19.5. The fourth-order valence-corrected chi connectivity index (χ4v) is 4.70. The van der Waals surface area contributed by atoms with Crippen LogP contribution < -0.4 is 5.32 Å². The number of nitrogens with one attached hydrogen (secondary N) is 1. The highest BCUT2D eigenvalue weighted by Gasteiger charge is 2.35. The van der Waals surface area contributed by atoms with Gasteiger partial charge < -0.3 is 19.9 Å². The number of esters is 1. The summed E-state index contributed by atoms with van der Waals surface area (Å²) >= 11 is 1.33. The average Bonchev–Trinajstić information content (AvgIpc) is 3.41. The van der Waals surface area contributed by atoms with Crippen molar-refractivity contribution in [2.75, 3.05) is 33.4 Å². The summed E-state index contributed by atoms with van der Waals surface area (Å²) in [5, 5.41) is 14.4. The number of thiazole rings is 1. The summed E-state index contributed by atoms with van der Waals surface area (Å²) in [6.07, 6.45) is 3.66. The van der Waals surface area contributed by atoms with E-state index < -0.39 is 35.7 Å². The van der Waals surface area contributed by atoms with Crippen molar-refractivity contribution >= 4 is 29.1 Å². The molecule has 0 amide bonds. The molecule has 2 aliphatic heterocycles. The van der Waals surface area contributed by atoms with Crippen LogP contribution in [0.1, 0.15) is 22.2 Å². The molecule has 190 valence electrons. The van der Waals surface area contributed by atoms with Crippen LogP contribution in [0.15, 0.2) is 52.1 Å². The first-order chi connectivity index (χ1) is 17.3. The van der Waals surface area contributed by atoms with Gasteiger partial charge in [-0.15, -0.1) is 11.3 Å². The Morgan fingerprint density at radius 3 is 2.89 bits per heavy atom. The zero-order chi connectivity index (χ0) is 25.8. The van der Waals surface area contributed by atoms with Gasteiger partial charge in [-0.05, 0) is 30.2 Å². The minimum atomic E-state index is -1.07. The maximum Gasteiger partial charge on any atom is 0.338 e. The Bertz CT molecular complexity index is 1250. The lowest BCUT2D eigenvalue weighted by molar-refractivity contribution is -0.136. The third-order valence-corrected chi connectivity index (χ3v) is 6.63. The van der Waals surface area contributed by atoms with E-state index in [1.807, 2.05) is 4.90 Å². The number of nitrogens with zero attached hydrogens (tertiary/aromatic N) is 3. The largest absolute Gasteiger partial charge is 0.478 e. The van der Waals surface area contributed by atoms with E-state index >= 15 is 0 Å². The summed E-state index contributed by atoms with van der Waals surface area (Å²) in [7, 11) is 1.24. The number of rotatable bonds is 7. The van der Waals surface area contributed by atoms with Crippen molar-refractivity contribution in [3.63, 3.8) is 0 Å². The molecule has 1 saturated heterocycles. The number of ether oxygens (including phenoxy) is 2. The second kappa shape index (κ2) is 11.1. The van der Waals surface area contributed by atoms with Crippen molar-refractivity contribution in [2.45, 2.75) is 19.1 Å². The molecule has 0 bridgehead atoms. The SMILES string of the molecule is COC(=O)C1=C(CN2CCO[C@H](/C=C/C(=O)O)C2)NC(c2nccs2)=N[C@H]1c1ccc(F)c(F)c1C. The van der Waals surface area contributed by atoms with Gasteiger partial charge in [0, 0.05) is 43.0 Å². The highest BCUT2D eigenvalue weighted by atomic mass is 32.1. The van der Waals surface area contributed by atoms with Crippen molar-refractivity contribution in [2.24, 2.45) is 4.99 Å². The second-order valence-corrected chi connectivity index (χ2v) is 9.04. The number of carbonyl (C=O) groups excluding carboxylic acids is 1. The standard InChI is InChI=1S/C24H24F2N4O5S/c1-13-15(4-5-16(25)20(13)26)21-19(24(33)34-2)17(28-22(29-21)23-27-7-10-36-23)12-30-8-9-35-14(11-30)3-6-18(31)32/h3-7,10,14,21H,8-9,11-12H2,1-2H3,(H,28,29)(H,31,32)/b6-3+/t14-,21+/m1/s1. The molecule has 0 spiro atoms. The van der Waals surface area contributed by atoms with Gasteiger partial charge in [0.05, 0.1) is 25.4 Å². The number of carbonyl (C=O) groups is 2. The fourth-order valence-electron chi connectivity index (χ4n) is 4.11. The third-order valence-electron chi connectivity index (χ3n) is 5.85. The van der Waals surface area contributed by atoms with Gasteiger partial charge >= 0.3 is 11.9 Å². The van der Waals surface area contributed by atoms with Crippen molar-refractivity contribution < 1.29 is 33.0 Å². The molecule has 2 aromatic rings. The minimum absolute atomic E-state index is 0.0372. The number of carboxylic acids is 1. The van der Waals surface area contributed by atoms with Crippen molar-refractivity contribution in [3.8, 4) is 0 Å². The highest BCUT2D eigenvalue weighted by molar-refractivity contribution is 7.11. The number of amidine groups is 1. The summed E-state index contributed by atoms with van der Waals surface area (Å²) in [6, 6.07) is 1.45.